The predicted octanol–water partition coefficient (Wildman–Crippen LogP) is 6.34. The third-order valence-corrected chi connectivity index (χ3v) is 6.18. The highest BCUT2D eigenvalue weighted by atomic mass is 35.5. The minimum Gasteiger partial charge on any atom is -0.497 e. The van der Waals surface area contributed by atoms with E-state index in [1.807, 2.05) is 73.3 Å². The standard InChI is InChI=1S/C27H22ClNO4/c1-16-10-20(32-15-17-6-4-5-7-22(17)28)13-24-26(16)27(30)25(33-24)11-18-14-29(2)23-9-8-19(31-3)12-21(18)23/h4-14H,15H2,1-3H3/b25-11-. The van der Waals surface area contributed by atoms with Crippen LogP contribution in [0.5, 0.6) is 17.2 Å². The zero-order valence-corrected chi connectivity index (χ0v) is 19.3. The summed E-state index contributed by atoms with van der Waals surface area (Å²) in [5.41, 5.74) is 4.17. The van der Waals surface area contributed by atoms with Crippen molar-refractivity contribution < 1.29 is 19.0 Å². The quantitative estimate of drug-likeness (QED) is 0.326. The molecular formula is C27H22ClNO4. The Bertz CT molecular complexity index is 1430. The average Bonchev–Trinajstić information content (AvgIpc) is 3.29. The van der Waals surface area contributed by atoms with Gasteiger partial charge in [0.05, 0.1) is 12.7 Å². The Kier molecular flexibility index (Phi) is 5.35. The van der Waals surface area contributed by atoms with Gasteiger partial charge in [0, 0.05) is 46.4 Å². The van der Waals surface area contributed by atoms with Crippen LogP contribution in [0.1, 0.15) is 27.0 Å². The number of aryl methyl sites for hydroxylation is 2. The van der Waals surface area contributed by atoms with Gasteiger partial charge < -0.3 is 18.8 Å². The zero-order chi connectivity index (χ0) is 23.1. The van der Waals surface area contributed by atoms with Gasteiger partial charge in [0.1, 0.15) is 23.9 Å². The SMILES string of the molecule is COc1ccc2c(c1)c(/C=C1\Oc3cc(OCc4ccccc4Cl)cc(C)c3C1=O)cn2C. The normalized spacial score (nSPS) is 13.9. The van der Waals surface area contributed by atoms with Crippen LogP contribution in [0.2, 0.25) is 5.02 Å². The van der Waals surface area contributed by atoms with Gasteiger partial charge in [-0.1, -0.05) is 29.8 Å². The Morgan fingerprint density at radius 3 is 2.70 bits per heavy atom. The fraction of sp³-hybridized carbons (Fsp3) is 0.148. The van der Waals surface area contributed by atoms with Crippen molar-refractivity contribution in [2.45, 2.75) is 13.5 Å². The molecule has 4 aromatic rings. The molecule has 166 valence electrons. The number of nitrogens with zero attached hydrogens (tertiary/aromatic N) is 1. The van der Waals surface area contributed by atoms with Crippen LogP contribution in [0.15, 0.2) is 66.6 Å². The van der Waals surface area contributed by atoms with E-state index in [9.17, 15) is 4.79 Å². The van der Waals surface area contributed by atoms with Crippen molar-refractivity contribution in [3.8, 4) is 17.2 Å². The molecule has 0 saturated carbocycles. The molecule has 0 spiro atoms. The number of Topliss-reactive ketones (excluding diaryl/α,β-unsaturated/α-hetero) is 1. The lowest BCUT2D eigenvalue weighted by Gasteiger charge is -2.10. The first-order valence-corrected chi connectivity index (χ1v) is 10.9. The first-order valence-electron chi connectivity index (χ1n) is 10.5. The highest BCUT2D eigenvalue weighted by Crippen LogP contribution is 2.38. The van der Waals surface area contributed by atoms with Gasteiger partial charge in [-0.15, -0.1) is 0 Å². The van der Waals surface area contributed by atoms with E-state index in [1.54, 1.807) is 19.3 Å². The van der Waals surface area contributed by atoms with Crippen LogP contribution in [0.25, 0.3) is 17.0 Å². The van der Waals surface area contributed by atoms with Crippen molar-refractivity contribution in [1.29, 1.82) is 0 Å². The molecule has 2 heterocycles. The number of ketones is 1. The molecule has 0 bridgehead atoms. The van der Waals surface area contributed by atoms with E-state index in [0.29, 0.717) is 28.7 Å². The van der Waals surface area contributed by atoms with Gasteiger partial charge in [-0.05, 0) is 48.9 Å². The maximum absolute atomic E-state index is 13.1. The summed E-state index contributed by atoms with van der Waals surface area (Å²) < 4.78 is 19.3. The van der Waals surface area contributed by atoms with Gasteiger partial charge in [0.15, 0.2) is 5.76 Å². The van der Waals surface area contributed by atoms with Gasteiger partial charge in [0.2, 0.25) is 5.78 Å². The molecule has 0 atom stereocenters. The predicted molar refractivity (Wildman–Crippen MR) is 129 cm³/mol. The Morgan fingerprint density at radius 1 is 1.09 bits per heavy atom. The molecule has 3 aromatic carbocycles. The van der Waals surface area contributed by atoms with Crippen molar-refractivity contribution >= 4 is 34.4 Å². The van der Waals surface area contributed by atoms with E-state index < -0.39 is 0 Å². The molecule has 1 aliphatic heterocycles. The lowest BCUT2D eigenvalue weighted by atomic mass is 10.0. The highest BCUT2D eigenvalue weighted by Gasteiger charge is 2.30. The Labute approximate surface area is 196 Å². The summed E-state index contributed by atoms with van der Waals surface area (Å²) in [6.45, 7) is 2.21. The number of carbonyl (C=O) groups excluding carboxylic acids is 1. The number of methoxy groups -OCH3 is 1. The lowest BCUT2D eigenvalue weighted by molar-refractivity contribution is 0.101. The van der Waals surface area contributed by atoms with E-state index in [-0.39, 0.29) is 11.5 Å². The number of benzene rings is 3. The summed E-state index contributed by atoms with van der Waals surface area (Å²) in [7, 11) is 3.60. The van der Waals surface area contributed by atoms with Crippen molar-refractivity contribution in [1.82, 2.24) is 4.57 Å². The summed E-state index contributed by atoms with van der Waals surface area (Å²) in [5, 5.41) is 1.64. The summed E-state index contributed by atoms with van der Waals surface area (Å²) in [4.78, 5) is 13.1. The minimum atomic E-state index is -0.139. The van der Waals surface area contributed by atoms with Crippen molar-refractivity contribution in [3.05, 3.63) is 93.8 Å². The number of halogens is 1. The van der Waals surface area contributed by atoms with Crippen LogP contribution < -0.4 is 14.2 Å². The van der Waals surface area contributed by atoms with Crippen LogP contribution >= 0.6 is 11.6 Å². The van der Waals surface area contributed by atoms with Crippen LogP contribution in [0.4, 0.5) is 0 Å². The second-order valence-corrected chi connectivity index (χ2v) is 8.42. The largest absolute Gasteiger partial charge is 0.497 e. The second-order valence-electron chi connectivity index (χ2n) is 8.01. The fourth-order valence-corrected chi connectivity index (χ4v) is 4.31. The highest BCUT2D eigenvalue weighted by molar-refractivity contribution is 6.31. The molecule has 6 heteroatoms. The van der Waals surface area contributed by atoms with Gasteiger partial charge in [-0.3, -0.25) is 4.79 Å². The molecule has 0 fully saturated rings. The molecule has 0 radical (unpaired) electrons. The number of rotatable bonds is 5. The van der Waals surface area contributed by atoms with Gasteiger partial charge in [-0.2, -0.15) is 0 Å². The Hall–Kier alpha value is -3.70. The topological polar surface area (TPSA) is 49.7 Å². The number of hydrogen-bond donors (Lipinski definition) is 0. The minimum absolute atomic E-state index is 0.139. The fourth-order valence-electron chi connectivity index (χ4n) is 4.12. The molecule has 0 N–H and O–H groups in total. The maximum Gasteiger partial charge on any atom is 0.232 e. The van der Waals surface area contributed by atoms with Gasteiger partial charge in [0.25, 0.3) is 0 Å². The molecule has 1 aliphatic rings. The van der Waals surface area contributed by atoms with E-state index in [4.69, 9.17) is 25.8 Å². The van der Waals surface area contributed by atoms with Crippen LogP contribution in [0, 0.1) is 6.92 Å². The lowest BCUT2D eigenvalue weighted by Crippen LogP contribution is -2.00. The number of fused-ring (bicyclic) bond motifs is 2. The van der Waals surface area contributed by atoms with Gasteiger partial charge in [-0.25, -0.2) is 0 Å². The Balaban J connectivity index is 1.45. The number of carbonyl (C=O) groups is 1. The molecule has 5 nitrogen and oxygen atoms in total. The molecule has 0 amide bonds. The first kappa shape index (κ1) is 21.2. The maximum atomic E-state index is 13.1. The van der Waals surface area contributed by atoms with Gasteiger partial charge >= 0.3 is 0 Å². The molecule has 5 rings (SSSR count). The molecule has 1 aromatic heterocycles. The molecule has 33 heavy (non-hydrogen) atoms. The van der Waals surface area contributed by atoms with Crippen LogP contribution in [0.3, 0.4) is 0 Å². The molecule has 0 aliphatic carbocycles. The summed E-state index contributed by atoms with van der Waals surface area (Å²) in [6, 6.07) is 17.0. The van der Waals surface area contributed by atoms with Crippen LogP contribution in [-0.4, -0.2) is 17.5 Å². The summed E-state index contributed by atoms with van der Waals surface area (Å²) in [6.07, 6.45) is 3.76. The summed E-state index contributed by atoms with van der Waals surface area (Å²) >= 11 is 6.23. The van der Waals surface area contributed by atoms with Crippen LogP contribution in [-0.2, 0) is 13.7 Å². The smallest absolute Gasteiger partial charge is 0.232 e. The zero-order valence-electron chi connectivity index (χ0n) is 18.5. The number of aromatic nitrogens is 1. The Morgan fingerprint density at radius 2 is 1.91 bits per heavy atom. The van der Waals surface area contributed by atoms with E-state index in [2.05, 4.69) is 0 Å². The average molecular weight is 460 g/mol. The number of ether oxygens (including phenoxy) is 3. The van der Waals surface area contributed by atoms with Crippen molar-refractivity contribution in [3.63, 3.8) is 0 Å². The summed E-state index contributed by atoms with van der Waals surface area (Å²) in [5.74, 6) is 2.02. The third kappa shape index (κ3) is 3.85. The van der Waals surface area contributed by atoms with E-state index in [0.717, 1.165) is 33.3 Å². The van der Waals surface area contributed by atoms with Crippen molar-refractivity contribution in [2.75, 3.05) is 7.11 Å². The van der Waals surface area contributed by atoms with E-state index in [1.165, 1.54) is 0 Å². The number of hydrogen-bond acceptors (Lipinski definition) is 4. The van der Waals surface area contributed by atoms with E-state index >= 15 is 0 Å². The first-order chi connectivity index (χ1) is 15.9. The molecular weight excluding hydrogens is 438 g/mol. The van der Waals surface area contributed by atoms with Crippen molar-refractivity contribution in [2.24, 2.45) is 7.05 Å². The number of allylic oxidation sites excluding steroid dienone is 1. The third-order valence-electron chi connectivity index (χ3n) is 5.81. The second kappa shape index (κ2) is 8.34. The monoisotopic (exact) mass is 459 g/mol. The molecule has 0 saturated heterocycles. The molecule has 0 unspecified atom stereocenters.